The van der Waals surface area contributed by atoms with Gasteiger partial charge < -0.3 is 4.74 Å². The van der Waals surface area contributed by atoms with E-state index in [1.54, 1.807) is 5.57 Å². The Labute approximate surface area is 251 Å². The van der Waals surface area contributed by atoms with Crippen molar-refractivity contribution in [3.63, 3.8) is 0 Å². The smallest absolute Gasteiger partial charge is 0.305 e. The number of methoxy groups -OCH3 is 1. The number of carbonyl (C=O) groups is 1. The number of carbonyl (C=O) groups excluding carboxylic acids is 1. The maximum Gasteiger partial charge on any atom is 0.305 e. The van der Waals surface area contributed by atoms with Crippen molar-refractivity contribution in [2.75, 3.05) is 7.11 Å². The molecule has 2 heteroatoms. The van der Waals surface area contributed by atoms with Crippen molar-refractivity contribution in [1.29, 1.82) is 0 Å². The Morgan fingerprint density at radius 3 is 2.07 bits per heavy atom. The molecule has 1 saturated carbocycles. The Balaban J connectivity index is 0.00000108. The largest absolute Gasteiger partial charge is 0.469 e. The van der Waals surface area contributed by atoms with Crippen LogP contribution >= 0.6 is 0 Å². The normalized spacial score (nSPS) is 24.2. The third-order valence-corrected chi connectivity index (χ3v) is 9.90. The SMILES string of the molecule is CC(C)C.COC(=O)CC1CC(CCC2=C(c3ccc(C)cc3)C(c3ccccc3)=C(C)C2)CC(C)C(C)(C)C1C. The Bertz CT molecular complexity index is 1190. The van der Waals surface area contributed by atoms with Crippen LogP contribution in [0, 0.1) is 41.9 Å². The predicted molar refractivity (Wildman–Crippen MR) is 176 cm³/mol. The Kier molecular flexibility index (Phi) is 11.7. The van der Waals surface area contributed by atoms with Crippen LogP contribution in [0.4, 0.5) is 0 Å². The highest BCUT2D eigenvalue weighted by molar-refractivity contribution is 6.09. The quantitative estimate of drug-likeness (QED) is 0.250. The molecular weight excluding hydrogens is 500 g/mol. The zero-order chi connectivity index (χ0) is 30.3. The van der Waals surface area contributed by atoms with Gasteiger partial charge in [0, 0.05) is 6.42 Å². The average Bonchev–Trinajstić information content (AvgIpc) is 3.23. The molecule has 4 unspecified atom stereocenters. The molecule has 41 heavy (non-hydrogen) atoms. The molecule has 0 heterocycles. The lowest BCUT2D eigenvalue weighted by Gasteiger charge is -2.39. The third-order valence-electron chi connectivity index (χ3n) is 9.90. The summed E-state index contributed by atoms with van der Waals surface area (Å²) in [7, 11) is 1.52. The highest BCUT2D eigenvalue weighted by atomic mass is 16.5. The van der Waals surface area contributed by atoms with Gasteiger partial charge >= 0.3 is 5.97 Å². The summed E-state index contributed by atoms with van der Waals surface area (Å²) in [4.78, 5) is 12.3. The van der Waals surface area contributed by atoms with Crippen molar-refractivity contribution in [1.82, 2.24) is 0 Å². The highest BCUT2D eigenvalue weighted by Crippen LogP contribution is 2.51. The zero-order valence-corrected chi connectivity index (χ0v) is 27.6. The topological polar surface area (TPSA) is 26.3 Å². The lowest BCUT2D eigenvalue weighted by Crippen LogP contribution is -2.32. The monoisotopic (exact) mass is 556 g/mol. The van der Waals surface area contributed by atoms with Crippen LogP contribution in [0.1, 0.15) is 111 Å². The van der Waals surface area contributed by atoms with Gasteiger partial charge in [0.1, 0.15) is 0 Å². The minimum Gasteiger partial charge on any atom is -0.469 e. The van der Waals surface area contributed by atoms with Gasteiger partial charge in [0.2, 0.25) is 0 Å². The minimum absolute atomic E-state index is 0.0616. The van der Waals surface area contributed by atoms with E-state index in [-0.39, 0.29) is 11.4 Å². The van der Waals surface area contributed by atoms with Gasteiger partial charge in [-0.05, 0) is 103 Å². The van der Waals surface area contributed by atoms with E-state index in [2.05, 4.69) is 117 Å². The molecular formula is C39H56O2. The van der Waals surface area contributed by atoms with E-state index in [4.69, 9.17) is 4.74 Å². The number of ether oxygens (including phenoxy) is 1. The molecule has 4 rings (SSSR count). The maximum absolute atomic E-state index is 12.3. The summed E-state index contributed by atoms with van der Waals surface area (Å²) in [5, 5.41) is 0. The lowest BCUT2D eigenvalue weighted by molar-refractivity contribution is -0.142. The van der Waals surface area contributed by atoms with Crippen LogP contribution in [-0.2, 0) is 9.53 Å². The van der Waals surface area contributed by atoms with E-state index in [0.29, 0.717) is 30.1 Å². The molecule has 2 nitrogen and oxygen atoms in total. The van der Waals surface area contributed by atoms with Crippen LogP contribution in [-0.4, -0.2) is 13.1 Å². The van der Waals surface area contributed by atoms with Gasteiger partial charge in [0.25, 0.3) is 0 Å². The fraction of sp³-hybridized carbons (Fsp3) is 0.564. The van der Waals surface area contributed by atoms with Gasteiger partial charge in [0.05, 0.1) is 7.11 Å². The van der Waals surface area contributed by atoms with E-state index < -0.39 is 0 Å². The zero-order valence-electron chi connectivity index (χ0n) is 27.6. The molecule has 0 radical (unpaired) electrons. The van der Waals surface area contributed by atoms with E-state index in [9.17, 15) is 4.79 Å². The van der Waals surface area contributed by atoms with Gasteiger partial charge in [0.15, 0.2) is 0 Å². The second-order valence-corrected chi connectivity index (χ2v) is 14.2. The first-order valence-electron chi connectivity index (χ1n) is 16.0. The summed E-state index contributed by atoms with van der Waals surface area (Å²) in [6.45, 7) is 20.6. The number of hydrogen-bond donors (Lipinski definition) is 0. The first-order chi connectivity index (χ1) is 19.3. The fourth-order valence-electron chi connectivity index (χ4n) is 6.92. The highest BCUT2D eigenvalue weighted by Gasteiger charge is 2.42. The summed E-state index contributed by atoms with van der Waals surface area (Å²) < 4.78 is 5.10. The van der Waals surface area contributed by atoms with Gasteiger partial charge in [-0.3, -0.25) is 4.79 Å². The van der Waals surface area contributed by atoms with Gasteiger partial charge in [-0.2, -0.15) is 0 Å². The molecule has 2 aliphatic carbocycles. The second kappa shape index (κ2) is 14.5. The molecule has 2 aliphatic rings. The number of rotatable bonds is 7. The van der Waals surface area contributed by atoms with Crippen molar-refractivity contribution in [3.05, 3.63) is 82.4 Å². The summed E-state index contributed by atoms with van der Waals surface area (Å²) in [6.07, 6.45) is 6.26. The van der Waals surface area contributed by atoms with Crippen molar-refractivity contribution >= 4 is 17.1 Å². The summed E-state index contributed by atoms with van der Waals surface area (Å²) in [5.74, 6) is 2.90. The van der Waals surface area contributed by atoms with Crippen molar-refractivity contribution in [2.24, 2.45) is 35.0 Å². The number of benzene rings is 2. The van der Waals surface area contributed by atoms with E-state index in [1.807, 2.05) is 0 Å². The van der Waals surface area contributed by atoms with Gasteiger partial charge in [-0.1, -0.05) is 120 Å². The molecule has 224 valence electrons. The first-order valence-corrected chi connectivity index (χ1v) is 16.0. The number of esters is 1. The van der Waals surface area contributed by atoms with Crippen LogP contribution < -0.4 is 0 Å². The van der Waals surface area contributed by atoms with Crippen LogP contribution in [0.2, 0.25) is 0 Å². The van der Waals surface area contributed by atoms with Gasteiger partial charge in [-0.15, -0.1) is 0 Å². The van der Waals surface area contributed by atoms with E-state index in [1.165, 1.54) is 53.4 Å². The summed E-state index contributed by atoms with van der Waals surface area (Å²) >= 11 is 0. The molecule has 2 aromatic carbocycles. The molecule has 0 aromatic heterocycles. The fourth-order valence-corrected chi connectivity index (χ4v) is 6.92. The molecule has 0 aliphatic heterocycles. The minimum atomic E-state index is -0.0616. The molecule has 0 amide bonds. The molecule has 2 aromatic rings. The van der Waals surface area contributed by atoms with Crippen LogP contribution in [0.3, 0.4) is 0 Å². The second-order valence-electron chi connectivity index (χ2n) is 14.2. The first kappa shape index (κ1) is 32.9. The van der Waals surface area contributed by atoms with Crippen LogP contribution in [0.5, 0.6) is 0 Å². The maximum atomic E-state index is 12.3. The summed E-state index contributed by atoms with van der Waals surface area (Å²) in [5.41, 5.74) is 10.1. The van der Waals surface area contributed by atoms with Crippen LogP contribution in [0.15, 0.2) is 65.7 Å². The van der Waals surface area contributed by atoms with Crippen LogP contribution in [0.25, 0.3) is 11.1 Å². The van der Waals surface area contributed by atoms with E-state index >= 15 is 0 Å². The molecule has 4 atom stereocenters. The standard InChI is InChI=1S/C35H46O2.C4H10/c1-23-13-16-29(17-14-23)34-30(19-24(2)33(34)28-11-9-8-10-12-28)18-15-27-20-25(3)35(5,6)26(4)31(21-27)22-32(36)37-7;1-4(2)3/h8-14,16-17,25-27,31H,15,18-22H2,1-7H3;4H,1-3H3. The van der Waals surface area contributed by atoms with Crippen molar-refractivity contribution in [2.45, 2.75) is 101 Å². The molecule has 1 fully saturated rings. The summed E-state index contributed by atoms with van der Waals surface area (Å²) in [6, 6.07) is 20.0. The predicted octanol–water partition coefficient (Wildman–Crippen LogP) is 11.0. The number of aryl methyl sites for hydroxylation is 1. The molecule has 0 saturated heterocycles. The Morgan fingerprint density at radius 2 is 1.49 bits per heavy atom. The Morgan fingerprint density at radius 1 is 0.902 bits per heavy atom. The Hall–Kier alpha value is -2.61. The van der Waals surface area contributed by atoms with E-state index in [0.717, 1.165) is 25.2 Å². The lowest BCUT2D eigenvalue weighted by atomic mass is 9.66. The number of hydrogen-bond acceptors (Lipinski definition) is 2. The number of allylic oxidation sites excluding steroid dienone is 4. The van der Waals surface area contributed by atoms with Gasteiger partial charge in [-0.25, -0.2) is 0 Å². The van der Waals surface area contributed by atoms with Crippen molar-refractivity contribution in [3.8, 4) is 0 Å². The third kappa shape index (κ3) is 8.46. The molecule has 0 spiro atoms. The molecule has 0 bridgehead atoms. The van der Waals surface area contributed by atoms with Crippen molar-refractivity contribution < 1.29 is 9.53 Å². The average molecular weight is 557 g/mol. The molecule has 0 N–H and O–H groups in total.